The van der Waals surface area contributed by atoms with E-state index in [0.29, 0.717) is 19.1 Å². The minimum atomic E-state index is -0.383. The van der Waals surface area contributed by atoms with Crippen molar-refractivity contribution in [2.24, 2.45) is 5.92 Å². The van der Waals surface area contributed by atoms with Crippen LogP contribution in [0.2, 0.25) is 0 Å². The lowest BCUT2D eigenvalue weighted by atomic mass is 10.00. The summed E-state index contributed by atoms with van der Waals surface area (Å²) in [6.45, 7) is 6.94. The van der Waals surface area contributed by atoms with Gasteiger partial charge in [-0.15, -0.1) is 0 Å². The highest BCUT2D eigenvalue weighted by Gasteiger charge is 2.41. The number of likely N-dealkylation sites (tertiary alicyclic amines) is 2. The molecule has 0 aliphatic carbocycles. The van der Waals surface area contributed by atoms with Crippen LogP contribution in [0.1, 0.15) is 32.6 Å². The molecule has 3 fully saturated rings. The van der Waals surface area contributed by atoms with Gasteiger partial charge in [0.1, 0.15) is 0 Å². The van der Waals surface area contributed by atoms with E-state index in [-0.39, 0.29) is 11.8 Å². The summed E-state index contributed by atoms with van der Waals surface area (Å²) in [7, 11) is 0. The van der Waals surface area contributed by atoms with Crippen LogP contribution in [0, 0.1) is 5.92 Å². The second-order valence-corrected chi connectivity index (χ2v) is 6.07. The first-order chi connectivity index (χ1) is 9.19. The van der Waals surface area contributed by atoms with Crippen LogP contribution in [-0.4, -0.2) is 61.0 Å². The average molecular weight is 268 g/mol. The van der Waals surface area contributed by atoms with E-state index in [4.69, 9.17) is 9.47 Å². The van der Waals surface area contributed by atoms with Gasteiger partial charge in [0.15, 0.2) is 5.79 Å². The number of ether oxygens (including phenoxy) is 2. The van der Waals surface area contributed by atoms with E-state index in [9.17, 15) is 4.79 Å². The highest BCUT2D eigenvalue weighted by atomic mass is 16.7. The van der Waals surface area contributed by atoms with Gasteiger partial charge in [-0.25, -0.2) is 4.79 Å². The molecule has 3 saturated heterocycles. The van der Waals surface area contributed by atoms with Crippen LogP contribution in [0.3, 0.4) is 0 Å². The molecule has 1 spiro atoms. The Hall–Kier alpha value is -0.810. The van der Waals surface area contributed by atoms with Gasteiger partial charge in [0.05, 0.1) is 13.2 Å². The van der Waals surface area contributed by atoms with E-state index in [1.807, 2.05) is 9.80 Å². The molecule has 19 heavy (non-hydrogen) atoms. The third kappa shape index (κ3) is 2.72. The van der Waals surface area contributed by atoms with Gasteiger partial charge in [-0.2, -0.15) is 0 Å². The van der Waals surface area contributed by atoms with Gasteiger partial charge in [-0.05, 0) is 18.8 Å². The van der Waals surface area contributed by atoms with Gasteiger partial charge in [0.2, 0.25) is 0 Å². The van der Waals surface area contributed by atoms with E-state index in [1.54, 1.807) is 0 Å². The summed E-state index contributed by atoms with van der Waals surface area (Å²) in [4.78, 5) is 16.5. The number of urea groups is 1. The van der Waals surface area contributed by atoms with Gasteiger partial charge in [0.25, 0.3) is 0 Å². The van der Waals surface area contributed by atoms with Crippen molar-refractivity contribution in [3.8, 4) is 0 Å². The number of amides is 2. The van der Waals surface area contributed by atoms with Crippen molar-refractivity contribution in [1.29, 1.82) is 0 Å². The van der Waals surface area contributed by atoms with Gasteiger partial charge in [-0.3, -0.25) is 0 Å². The minimum absolute atomic E-state index is 0.208. The summed E-state index contributed by atoms with van der Waals surface area (Å²) in [5, 5.41) is 0. The Morgan fingerprint density at radius 2 is 1.79 bits per heavy atom. The number of nitrogens with zero attached hydrogens (tertiary/aromatic N) is 2. The van der Waals surface area contributed by atoms with E-state index in [2.05, 4.69) is 6.92 Å². The zero-order valence-electron chi connectivity index (χ0n) is 11.8. The molecule has 5 nitrogen and oxygen atoms in total. The molecule has 3 aliphatic rings. The maximum atomic E-state index is 12.5. The van der Waals surface area contributed by atoms with E-state index in [0.717, 1.165) is 45.4 Å². The lowest BCUT2D eigenvalue weighted by Gasteiger charge is -2.41. The molecule has 0 aromatic rings. The van der Waals surface area contributed by atoms with Crippen molar-refractivity contribution >= 4 is 6.03 Å². The predicted molar refractivity (Wildman–Crippen MR) is 70.8 cm³/mol. The normalized spacial score (nSPS) is 30.9. The highest BCUT2D eigenvalue weighted by molar-refractivity contribution is 5.74. The Labute approximate surface area is 114 Å². The Morgan fingerprint density at radius 3 is 2.42 bits per heavy atom. The quantitative estimate of drug-likeness (QED) is 0.671. The van der Waals surface area contributed by atoms with Crippen LogP contribution in [0.15, 0.2) is 0 Å². The maximum Gasteiger partial charge on any atom is 0.320 e. The first kappa shape index (κ1) is 13.2. The SMILES string of the molecule is CC1CCCN(C(=O)N2CCC3(CC2)OCCO3)C1. The van der Waals surface area contributed by atoms with Crippen LogP contribution >= 0.6 is 0 Å². The fourth-order valence-corrected chi connectivity index (χ4v) is 3.39. The Kier molecular flexibility index (Phi) is 3.67. The first-order valence-electron chi connectivity index (χ1n) is 7.50. The summed E-state index contributed by atoms with van der Waals surface area (Å²) in [5.74, 6) is 0.252. The monoisotopic (exact) mass is 268 g/mol. The summed E-state index contributed by atoms with van der Waals surface area (Å²) in [6.07, 6.45) is 4.00. The molecule has 5 heteroatoms. The largest absolute Gasteiger partial charge is 0.347 e. The lowest BCUT2D eigenvalue weighted by Crippen LogP contribution is -2.53. The van der Waals surface area contributed by atoms with Crippen molar-refractivity contribution in [3.63, 3.8) is 0 Å². The summed E-state index contributed by atoms with van der Waals surface area (Å²) < 4.78 is 11.4. The molecule has 3 aliphatic heterocycles. The second-order valence-electron chi connectivity index (χ2n) is 6.07. The third-order valence-corrected chi connectivity index (χ3v) is 4.54. The third-order valence-electron chi connectivity index (χ3n) is 4.54. The maximum absolute atomic E-state index is 12.5. The molecule has 1 atom stereocenters. The van der Waals surface area contributed by atoms with Crippen molar-refractivity contribution in [3.05, 3.63) is 0 Å². The van der Waals surface area contributed by atoms with Gasteiger partial charge < -0.3 is 19.3 Å². The molecule has 1 unspecified atom stereocenters. The van der Waals surface area contributed by atoms with Crippen molar-refractivity contribution in [1.82, 2.24) is 9.80 Å². The van der Waals surface area contributed by atoms with E-state index >= 15 is 0 Å². The van der Waals surface area contributed by atoms with Crippen molar-refractivity contribution < 1.29 is 14.3 Å². The molecule has 0 N–H and O–H groups in total. The Bertz CT molecular complexity index is 332. The zero-order chi connectivity index (χ0) is 13.3. The lowest BCUT2D eigenvalue weighted by molar-refractivity contribution is -0.182. The molecule has 0 radical (unpaired) electrons. The molecule has 2 amide bonds. The van der Waals surface area contributed by atoms with Crippen molar-refractivity contribution in [2.45, 2.75) is 38.4 Å². The van der Waals surface area contributed by atoms with Gasteiger partial charge in [-0.1, -0.05) is 6.92 Å². The van der Waals surface area contributed by atoms with Crippen LogP contribution in [0.4, 0.5) is 4.79 Å². The smallest absolute Gasteiger partial charge is 0.320 e. The molecule has 0 saturated carbocycles. The summed E-state index contributed by atoms with van der Waals surface area (Å²) in [5.41, 5.74) is 0. The van der Waals surface area contributed by atoms with E-state index in [1.165, 1.54) is 6.42 Å². The predicted octanol–water partition coefficient (Wildman–Crippen LogP) is 1.68. The Balaban J connectivity index is 1.54. The molecule has 0 aromatic carbocycles. The molecular formula is C14H24N2O3. The van der Waals surface area contributed by atoms with Crippen LogP contribution in [-0.2, 0) is 9.47 Å². The average Bonchev–Trinajstić information content (AvgIpc) is 2.87. The molecule has 0 aromatic heterocycles. The number of piperidine rings is 2. The van der Waals surface area contributed by atoms with Crippen LogP contribution in [0.25, 0.3) is 0 Å². The van der Waals surface area contributed by atoms with E-state index < -0.39 is 0 Å². The van der Waals surface area contributed by atoms with Crippen LogP contribution < -0.4 is 0 Å². The van der Waals surface area contributed by atoms with Crippen LogP contribution in [0.5, 0.6) is 0 Å². The number of hydrogen-bond donors (Lipinski definition) is 0. The molecular weight excluding hydrogens is 244 g/mol. The zero-order valence-corrected chi connectivity index (χ0v) is 11.8. The topological polar surface area (TPSA) is 42.0 Å². The fraction of sp³-hybridized carbons (Fsp3) is 0.929. The first-order valence-corrected chi connectivity index (χ1v) is 7.50. The number of carbonyl (C=O) groups excluding carboxylic acids is 1. The number of rotatable bonds is 0. The highest BCUT2D eigenvalue weighted by Crippen LogP contribution is 2.31. The number of carbonyl (C=O) groups is 1. The molecule has 108 valence electrons. The molecule has 3 rings (SSSR count). The minimum Gasteiger partial charge on any atom is -0.347 e. The summed E-state index contributed by atoms with van der Waals surface area (Å²) >= 11 is 0. The standard InChI is InChI=1S/C14H24N2O3/c1-12-3-2-6-16(11-12)13(17)15-7-4-14(5-8-15)18-9-10-19-14/h12H,2-11H2,1H3. The molecule has 0 bridgehead atoms. The number of hydrogen-bond acceptors (Lipinski definition) is 3. The van der Waals surface area contributed by atoms with Gasteiger partial charge >= 0.3 is 6.03 Å². The van der Waals surface area contributed by atoms with Crippen molar-refractivity contribution in [2.75, 3.05) is 39.4 Å². The second kappa shape index (κ2) is 5.29. The Morgan fingerprint density at radius 1 is 1.11 bits per heavy atom. The fourth-order valence-electron chi connectivity index (χ4n) is 3.39. The molecule has 3 heterocycles. The van der Waals surface area contributed by atoms with Gasteiger partial charge in [0, 0.05) is 39.0 Å². The summed E-state index contributed by atoms with van der Waals surface area (Å²) in [6, 6.07) is 0.208.